The number of anilines is 1. The third-order valence-electron chi connectivity index (χ3n) is 10.7. The first kappa shape index (κ1) is 50.2. The number of fused-ring (bicyclic) bond motifs is 2. The van der Waals surface area contributed by atoms with Crippen molar-refractivity contribution in [2.45, 2.75) is 51.4 Å². The average Bonchev–Trinajstić information content (AvgIpc) is 3.62. The lowest BCUT2D eigenvalue weighted by Gasteiger charge is -2.27. The van der Waals surface area contributed by atoms with Gasteiger partial charge in [-0.3, -0.25) is 4.79 Å². The van der Waals surface area contributed by atoms with E-state index in [1.54, 1.807) is 0 Å². The van der Waals surface area contributed by atoms with Gasteiger partial charge in [-0.1, -0.05) is 73.6 Å². The van der Waals surface area contributed by atoms with E-state index in [0.29, 0.717) is 119 Å². The van der Waals surface area contributed by atoms with Gasteiger partial charge in [0.25, 0.3) is 0 Å². The highest BCUT2D eigenvalue weighted by Crippen LogP contribution is 2.47. The summed E-state index contributed by atoms with van der Waals surface area (Å²) in [7, 11) is 0. The van der Waals surface area contributed by atoms with Gasteiger partial charge in [0.2, 0.25) is 11.6 Å². The third kappa shape index (κ3) is 16.1. The fourth-order valence-electron chi connectivity index (χ4n) is 7.47. The number of hydrogen-bond acceptors (Lipinski definition) is 11. The van der Waals surface area contributed by atoms with E-state index in [0.717, 1.165) is 19.5 Å². The summed E-state index contributed by atoms with van der Waals surface area (Å²) in [5.74, 6) is -0.0274. The van der Waals surface area contributed by atoms with Gasteiger partial charge in [0.1, 0.15) is 6.61 Å². The van der Waals surface area contributed by atoms with Crippen LogP contribution in [0.1, 0.15) is 51.7 Å². The first-order chi connectivity index (χ1) is 30.2. The van der Waals surface area contributed by atoms with Crippen molar-refractivity contribution >= 4 is 23.0 Å². The molecule has 62 heavy (non-hydrogen) atoms. The molecule has 0 bridgehead atoms. The first-order valence-corrected chi connectivity index (χ1v) is 21.9. The summed E-state index contributed by atoms with van der Waals surface area (Å²) in [5, 5.41) is 6.25. The van der Waals surface area contributed by atoms with E-state index in [9.17, 15) is 4.79 Å². The van der Waals surface area contributed by atoms with Gasteiger partial charge in [-0.2, -0.15) is 4.58 Å². The summed E-state index contributed by atoms with van der Waals surface area (Å²) >= 11 is 0. The molecule has 340 valence electrons. The van der Waals surface area contributed by atoms with Crippen LogP contribution in [0.5, 0.6) is 0 Å². The van der Waals surface area contributed by atoms with E-state index in [-0.39, 0.29) is 16.7 Å². The number of para-hydroxylation sites is 2. The molecule has 0 aromatic heterocycles. The molecule has 2 aromatic carbocycles. The van der Waals surface area contributed by atoms with Crippen LogP contribution in [0.2, 0.25) is 0 Å². The fourth-order valence-corrected chi connectivity index (χ4v) is 7.47. The molecule has 3 N–H and O–H groups in total. The number of nitrogens with one attached hydrogen (secondary N) is 1. The molecule has 4 rings (SSSR count). The molecule has 0 saturated carbocycles. The molecular formula is C47H70N7O8+. The number of amides is 1. The van der Waals surface area contributed by atoms with E-state index >= 15 is 0 Å². The van der Waals surface area contributed by atoms with Gasteiger partial charge in [-0.25, -0.2) is 0 Å². The maximum Gasteiger partial charge on any atom is 0.222 e. The number of carbonyl (C=O) groups is 1. The van der Waals surface area contributed by atoms with Crippen molar-refractivity contribution in [2.24, 2.45) is 10.8 Å². The zero-order chi connectivity index (χ0) is 44.3. The Kier molecular flexibility index (Phi) is 22.9. The molecule has 0 fully saturated rings. The Morgan fingerprint density at radius 2 is 1.32 bits per heavy atom. The van der Waals surface area contributed by atoms with Gasteiger partial charge >= 0.3 is 0 Å². The molecule has 15 nitrogen and oxygen atoms in total. The van der Waals surface area contributed by atoms with E-state index in [1.807, 2.05) is 0 Å². The molecule has 0 unspecified atom stereocenters. The van der Waals surface area contributed by atoms with E-state index in [2.05, 4.69) is 131 Å². The minimum Gasteiger partial charge on any atom is -0.379 e. The maximum absolute atomic E-state index is 11.7. The molecule has 0 saturated heterocycles. The molecule has 2 aromatic rings. The highest BCUT2D eigenvalue weighted by atomic mass is 16.6. The molecule has 2 aliphatic heterocycles. The van der Waals surface area contributed by atoms with Crippen molar-refractivity contribution in [1.82, 2.24) is 5.32 Å². The lowest BCUT2D eigenvalue weighted by Crippen LogP contribution is -2.29. The summed E-state index contributed by atoms with van der Waals surface area (Å²) in [5.41, 5.74) is 20.9. The van der Waals surface area contributed by atoms with E-state index < -0.39 is 0 Å². The number of carbonyl (C=O) groups excluding carboxylic acids is 1. The van der Waals surface area contributed by atoms with Crippen molar-refractivity contribution in [1.29, 1.82) is 0 Å². The summed E-state index contributed by atoms with van der Waals surface area (Å²) in [6.45, 7) is 18.6. The Hall–Kier alpha value is -4.41. The predicted molar refractivity (Wildman–Crippen MR) is 243 cm³/mol. The molecule has 0 radical (unpaired) electrons. The lowest BCUT2D eigenvalue weighted by molar-refractivity contribution is -0.442. The van der Waals surface area contributed by atoms with Gasteiger partial charge in [-0.05, 0) is 50.1 Å². The molecule has 2 heterocycles. The molecular weight excluding hydrogens is 791 g/mol. The minimum absolute atomic E-state index is 0.0274. The molecule has 2 aliphatic rings. The summed E-state index contributed by atoms with van der Waals surface area (Å²) in [6.07, 6.45) is 11.9. The molecule has 0 atom stereocenters. The summed E-state index contributed by atoms with van der Waals surface area (Å²) in [4.78, 5) is 16.7. The van der Waals surface area contributed by atoms with Crippen molar-refractivity contribution in [3.8, 4) is 0 Å². The first-order valence-electron chi connectivity index (χ1n) is 21.9. The van der Waals surface area contributed by atoms with Crippen LogP contribution in [-0.4, -0.2) is 141 Å². The summed E-state index contributed by atoms with van der Waals surface area (Å²) in [6, 6.07) is 17.2. The number of nitrogens with two attached hydrogens (primary N) is 1. The van der Waals surface area contributed by atoms with Gasteiger partial charge in [0.15, 0.2) is 12.3 Å². The van der Waals surface area contributed by atoms with Gasteiger partial charge < -0.3 is 49.1 Å². The Bertz CT molecular complexity index is 1820. The smallest absolute Gasteiger partial charge is 0.222 e. The number of rotatable bonds is 33. The van der Waals surface area contributed by atoms with Crippen LogP contribution >= 0.6 is 0 Å². The van der Waals surface area contributed by atoms with Crippen LogP contribution in [0.15, 0.2) is 89.7 Å². The van der Waals surface area contributed by atoms with Crippen LogP contribution in [-0.2, 0) is 48.8 Å². The van der Waals surface area contributed by atoms with Crippen LogP contribution in [0.3, 0.4) is 0 Å². The summed E-state index contributed by atoms with van der Waals surface area (Å²) < 4.78 is 42.1. The van der Waals surface area contributed by atoms with Crippen molar-refractivity contribution in [3.05, 3.63) is 106 Å². The van der Waals surface area contributed by atoms with Gasteiger partial charge in [0.05, 0.1) is 91.3 Å². The number of azide groups is 1. The second-order valence-electron chi connectivity index (χ2n) is 15.8. The Balaban J connectivity index is 1.22. The Labute approximate surface area is 368 Å². The highest BCUT2D eigenvalue weighted by Gasteiger charge is 2.44. The van der Waals surface area contributed by atoms with Crippen LogP contribution in [0, 0.1) is 0 Å². The highest BCUT2D eigenvalue weighted by molar-refractivity contribution is 6.03. The van der Waals surface area contributed by atoms with Crippen molar-refractivity contribution < 1.29 is 42.5 Å². The van der Waals surface area contributed by atoms with Crippen LogP contribution in [0.4, 0.5) is 11.4 Å². The Morgan fingerprint density at radius 1 is 0.742 bits per heavy atom. The molecule has 0 spiro atoms. The van der Waals surface area contributed by atoms with Crippen LogP contribution < -0.4 is 16.0 Å². The number of nitrogens with zero attached hydrogens (tertiary/aromatic N) is 5. The fraction of sp³-hybridized carbons (Fsp3) is 0.574. The monoisotopic (exact) mass is 861 g/mol. The molecule has 0 aliphatic carbocycles. The molecule has 1 amide bonds. The van der Waals surface area contributed by atoms with Crippen molar-refractivity contribution in [2.75, 3.05) is 130 Å². The SMILES string of the molecule is CC1(C)C(/C=C/C=C/C=C2\N(CCOCCOCCOCCN=[N+]=[N-])c3ccccc3C2(C)C)=[N+](CCOCCOCCOCCOCCC(=O)NCCCN)c2ccccc21. The maximum atomic E-state index is 11.7. The topological polar surface area (TPSA) is 175 Å². The zero-order valence-electron chi connectivity index (χ0n) is 37.4. The zero-order valence-corrected chi connectivity index (χ0v) is 37.4. The number of ether oxygens (including phenoxy) is 7. The number of hydrogen-bond donors (Lipinski definition) is 2. The van der Waals surface area contributed by atoms with Gasteiger partial charge in [0, 0.05) is 65.5 Å². The van der Waals surface area contributed by atoms with Gasteiger partial charge in [-0.15, -0.1) is 0 Å². The standard InChI is InChI=1S/C47H69N7O8/c1-46(2)39-13-8-10-15-41(39)53(23-27-58-31-35-61-34-30-57-26-22-51-52-49)43(46)17-6-5-7-18-44-47(3,4)40-14-9-11-16-42(40)54(44)24-28-59-32-36-62-38-37-60-33-29-56-25-19-45(55)50-21-12-20-48/h5-11,13-18H,12,19-38,48H2,1-4H3/p+1. The minimum atomic E-state index is -0.175. The van der Waals surface area contributed by atoms with Crippen LogP contribution in [0.25, 0.3) is 10.4 Å². The van der Waals surface area contributed by atoms with E-state index in [4.69, 9.17) is 44.4 Å². The third-order valence-corrected chi connectivity index (χ3v) is 10.7. The predicted octanol–water partition coefficient (Wildman–Crippen LogP) is 6.14. The second kappa shape index (κ2) is 28.3. The quantitative estimate of drug-likeness (QED) is 0.0212. The second-order valence-corrected chi connectivity index (χ2v) is 15.8. The number of allylic oxidation sites excluding steroid dienone is 6. The Morgan fingerprint density at radius 3 is 1.98 bits per heavy atom. The largest absolute Gasteiger partial charge is 0.379 e. The lowest BCUT2D eigenvalue weighted by atomic mass is 9.81. The molecule has 15 heteroatoms. The average molecular weight is 861 g/mol. The van der Waals surface area contributed by atoms with Crippen molar-refractivity contribution in [3.63, 3.8) is 0 Å². The number of benzene rings is 2. The van der Waals surface area contributed by atoms with E-state index in [1.165, 1.54) is 33.9 Å². The normalized spacial score (nSPS) is 15.8.